The summed E-state index contributed by atoms with van der Waals surface area (Å²) in [6.45, 7) is 3.49. The van der Waals surface area contributed by atoms with Crippen LogP contribution in [0.5, 0.6) is 17.4 Å². The van der Waals surface area contributed by atoms with Crippen molar-refractivity contribution in [3.8, 4) is 17.4 Å². The predicted octanol–water partition coefficient (Wildman–Crippen LogP) is 4.41. The Morgan fingerprint density at radius 1 is 1.29 bits per heavy atom. The van der Waals surface area contributed by atoms with Crippen LogP contribution in [0.25, 0.3) is 0 Å². The first-order chi connectivity index (χ1) is 10.1. The second-order valence-electron chi connectivity index (χ2n) is 4.26. The molecule has 0 unspecified atom stereocenters. The van der Waals surface area contributed by atoms with E-state index in [4.69, 9.17) is 21.1 Å². The smallest absolute Gasteiger partial charge is 0.219 e. The molecule has 0 amide bonds. The number of hydrogen-bond acceptors (Lipinski definition) is 4. The molecule has 0 aliphatic carbocycles. The SMILES string of the molecule is CCNCc1nc(Oc2ccc(OC)cc2Br)ccc1Cl. The predicted molar refractivity (Wildman–Crippen MR) is 87.4 cm³/mol. The van der Waals surface area contributed by atoms with Crippen LogP contribution in [-0.2, 0) is 6.54 Å². The summed E-state index contributed by atoms with van der Waals surface area (Å²) < 4.78 is 11.7. The molecule has 0 spiro atoms. The maximum Gasteiger partial charge on any atom is 0.219 e. The Bertz CT molecular complexity index is 623. The molecule has 0 saturated heterocycles. The Kier molecular flexibility index (Phi) is 5.85. The molecule has 4 nitrogen and oxygen atoms in total. The van der Waals surface area contributed by atoms with Crippen molar-refractivity contribution in [2.45, 2.75) is 13.5 Å². The first kappa shape index (κ1) is 16.1. The summed E-state index contributed by atoms with van der Waals surface area (Å²) in [7, 11) is 1.62. The van der Waals surface area contributed by atoms with E-state index in [2.05, 4.69) is 26.2 Å². The number of halogens is 2. The van der Waals surface area contributed by atoms with Gasteiger partial charge in [-0.3, -0.25) is 0 Å². The fourth-order valence-electron chi connectivity index (χ4n) is 1.69. The van der Waals surface area contributed by atoms with Crippen LogP contribution in [0.2, 0.25) is 5.02 Å². The second kappa shape index (κ2) is 7.64. The minimum atomic E-state index is 0.498. The summed E-state index contributed by atoms with van der Waals surface area (Å²) in [4.78, 5) is 4.42. The lowest BCUT2D eigenvalue weighted by molar-refractivity contribution is 0.411. The van der Waals surface area contributed by atoms with Gasteiger partial charge in [0.25, 0.3) is 0 Å². The molecule has 1 aromatic carbocycles. The van der Waals surface area contributed by atoms with Gasteiger partial charge in [-0.05, 0) is 46.7 Å². The fraction of sp³-hybridized carbons (Fsp3) is 0.267. The third-order valence-electron chi connectivity index (χ3n) is 2.79. The van der Waals surface area contributed by atoms with E-state index in [0.29, 0.717) is 23.2 Å². The first-order valence-electron chi connectivity index (χ1n) is 6.51. The summed E-state index contributed by atoms with van der Waals surface area (Å²) in [5.41, 5.74) is 0.764. The molecule has 0 bridgehead atoms. The van der Waals surface area contributed by atoms with Crippen LogP contribution < -0.4 is 14.8 Å². The molecular weight excluding hydrogens is 356 g/mol. The number of methoxy groups -OCH3 is 1. The number of hydrogen-bond donors (Lipinski definition) is 1. The lowest BCUT2D eigenvalue weighted by Gasteiger charge is -2.10. The molecule has 1 heterocycles. The Balaban J connectivity index is 2.19. The largest absolute Gasteiger partial charge is 0.497 e. The van der Waals surface area contributed by atoms with Crippen molar-refractivity contribution >= 4 is 27.5 Å². The van der Waals surface area contributed by atoms with Crippen molar-refractivity contribution in [1.82, 2.24) is 10.3 Å². The van der Waals surface area contributed by atoms with Gasteiger partial charge < -0.3 is 14.8 Å². The lowest BCUT2D eigenvalue weighted by atomic mass is 10.3. The fourth-order valence-corrected chi connectivity index (χ4v) is 2.30. The molecular formula is C15H16BrClN2O2. The summed E-state index contributed by atoms with van der Waals surface area (Å²) in [5.74, 6) is 1.92. The van der Waals surface area contributed by atoms with E-state index in [-0.39, 0.29) is 0 Å². The van der Waals surface area contributed by atoms with Crippen molar-refractivity contribution in [3.05, 3.63) is 45.5 Å². The average molecular weight is 372 g/mol. The number of benzene rings is 1. The standard InChI is InChI=1S/C15H16BrClN2O2/c1-3-18-9-13-12(17)5-7-15(19-13)21-14-6-4-10(20-2)8-11(14)16/h4-8,18H,3,9H2,1-2H3. The third kappa shape index (κ3) is 4.33. The van der Waals surface area contributed by atoms with Crippen LogP contribution in [0.4, 0.5) is 0 Å². The Labute approximate surface area is 137 Å². The normalized spacial score (nSPS) is 10.5. The first-order valence-corrected chi connectivity index (χ1v) is 7.68. The summed E-state index contributed by atoms with van der Waals surface area (Å²) in [6.07, 6.45) is 0. The zero-order valence-corrected chi connectivity index (χ0v) is 14.2. The number of nitrogens with one attached hydrogen (secondary N) is 1. The van der Waals surface area contributed by atoms with E-state index in [1.54, 1.807) is 19.2 Å². The van der Waals surface area contributed by atoms with Gasteiger partial charge in [-0.1, -0.05) is 18.5 Å². The average Bonchev–Trinajstić information content (AvgIpc) is 2.49. The van der Waals surface area contributed by atoms with Crippen LogP contribution >= 0.6 is 27.5 Å². The van der Waals surface area contributed by atoms with Gasteiger partial charge >= 0.3 is 0 Å². The zero-order chi connectivity index (χ0) is 15.2. The Hall–Kier alpha value is -1.30. The molecule has 0 atom stereocenters. The van der Waals surface area contributed by atoms with E-state index in [1.165, 1.54) is 0 Å². The van der Waals surface area contributed by atoms with E-state index >= 15 is 0 Å². The minimum Gasteiger partial charge on any atom is -0.497 e. The van der Waals surface area contributed by atoms with Gasteiger partial charge in [0.1, 0.15) is 11.5 Å². The van der Waals surface area contributed by atoms with E-state index in [1.807, 2.05) is 25.1 Å². The maximum atomic E-state index is 6.12. The summed E-state index contributed by atoms with van der Waals surface area (Å²) >= 11 is 9.57. The molecule has 0 aliphatic heterocycles. The third-order valence-corrected chi connectivity index (χ3v) is 3.75. The molecule has 6 heteroatoms. The highest BCUT2D eigenvalue weighted by molar-refractivity contribution is 9.10. The number of aromatic nitrogens is 1. The topological polar surface area (TPSA) is 43.4 Å². The van der Waals surface area contributed by atoms with Gasteiger partial charge in [0.2, 0.25) is 5.88 Å². The van der Waals surface area contributed by atoms with Crippen molar-refractivity contribution in [3.63, 3.8) is 0 Å². The quantitative estimate of drug-likeness (QED) is 0.817. The van der Waals surface area contributed by atoms with Crippen LogP contribution in [0.1, 0.15) is 12.6 Å². The van der Waals surface area contributed by atoms with E-state index < -0.39 is 0 Å². The maximum absolute atomic E-state index is 6.12. The van der Waals surface area contributed by atoms with Gasteiger partial charge in [-0.15, -0.1) is 0 Å². The molecule has 0 fully saturated rings. The summed E-state index contributed by atoms with van der Waals surface area (Å²) in [6, 6.07) is 9.02. The van der Waals surface area contributed by atoms with Crippen LogP contribution in [0.15, 0.2) is 34.8 Å². The number of pyridine rings is 1. The van der Waals surface area contributed by atoms with Gasteiger partial charge in [0.05, 0.1) is 22.3 Å². The summed E-state index contributed by atoms with van der Waals surface area (Å²) in [5, 5.41) is 3.82. The Morgan fingerprint density at radius 2 is 2.10 bits per heavy atom. The molecule has 21 heavy (non-hydrogen) atoms. The Morgan fingerprint density at radius 3 is 2.76 bits per heavy atom. The minimum absolute atomic E-state index is 0.498. The number of rotatable bonds is 6. The van der Waals surface area contributed by atoms with Crippen molar-refractivity contribution in [2.75, 3.05) is 13.7 Å². The van der Waals surface area contributed by atoms with Gasteiger partial charge in [0, 0.05) is 12.6 Å². The highest BCUT2D eigenvalue weighted by Gasteiger charge is 2.08. The molecule has 2 aromatic rings. The molecule has 1 aromatic heterocycles. The van der Waals surface area contributed by atoms with Gasteiger partial charge in [0.15, 0.2) is 0 Å². The number of ether oxygens (including phenoxy) is 2. The van der Waals surface area contributed by atoms with Crippen LogP contribution in [0.3, 0.4) is 0 Å². The monoisotopic (exact) mass is 370 g/mol. The molecule has 0 aliphatic rings. The highest BCUT2D eigenvalue weighted by Crippen LogP contribution is 2.32. The highest BCUT2D eigenvalue weighted by atomic mass is 79.9. The van der Waals surface area contributed by atoms with Crippen LogP contribution in [-0.4, -0.2) is 18.6 Å². The van der Waals surface area contributed by atoms with Crippen molar-refractivity contribution in [1.29, 1.82) is 0 Å². The molecule has 0 radical (unpaired) electrons. The molecule has 2 rings (SSSR count). The molecule has 0 saturated carbocycles. The molecule has 112 valence electrons. The zero-order valence-electron chi connectivity index (χ0n) is 11.8. The molecule has 1 N–H and O–H groups in total. The van der Waals surface area contributed by atoms with Gasteiger partial charge in [-0.25, -0.2) is 4.98 Å². The van der Waals surface area contributed by atoms with Gasteiger partial charge in [-0.2, -0.15) is 0 Å². The van der Waals surface area contributed by atoms with Crippen molar-refractivity contribution < 1.29 is 9.47 Å². The van der Waals surface area contributed by atoms with E-state index in [9.17, 15) is 0 Å². The lowest BCUT2D eigenvalue weighted by Crippen LogP contribution is -2.13. The van der Waals surface area contributed by atoms with Crippen LogP contribution in [0, 0.1) is 0 Å². The van der Waals surface area contributed by atoms with E-state index in [0.717, 1.165) is 22.5 Å². The number of nitrogens with zero attached hydrogens (tertiary/aromatic N) is 1. The van der Waals surface area contributed by atoms with Crippen molar-refractivity contribution in [2.24, 2.45) is 0 Å². The second-order valence-corrected chi connectivity index (χ2v) is 5.52.